The van der Waals surface area contributed by atoms with Crippen LogP contribution in [0.4, 0.5) is 4.39 Å². The molecule has 1 amide bonds. The lowest BCUT2D eigenvalue weighted by Crippen LogP contribution is -2.37. The fourth-order valence-electron chi connectivity index (χ4n) is 1.98. The zero-order chi connectivity index (χ0) is 16.9. The summed E-state index contributed by atoms with van der Waals surface area (Å²) in [6.07, 6.45) is 0. The van der Waals surface area contributed by atoms with Crippen molar-refractivity contribution < 1.29 is 17.6 Å². The maximum absolute atomic E-state index is 13.7. The number of carbonyl (C=O) groups excluding carboxylic acids is 1. The van der Waals surface area contributed by atoms with E-state index in [1.54, 1.807) is 29.6 Å². The van der Waals surface area contributed by atoms with Crippen molar-refractivity contribution in [1.29, 1.82) is 0 Å². The molecule has 0 bridgehead atoms. The lowest BCUT2D eigenvalue weighted by Gasteiger charge is -2.21. The monoisotopic (exact) mass is 356 g/mol. The van der Waals surface area contributed by atoms with Gasteiger partial charge in [-0.05, 0) is 17.5 Å². The molecule has 23 heavy (non-hydrogen) atoms. The molecule has 8 heteroatoms. The molecule has 0 atom stereocenters. The molecule has 1 heterocycles. The van der Waals surface area contributed by atoms with Gasteiger partial charge in [0.05, 0.1) is 0 Å². The van der Waals surface area contributed by atoms with Crippen LogP contribution in [0.2, 0.25) is 0 Å². The Hall–Kier alpha value is -1.77. The molecule has 2 aromatic rings. The predicted octanol–water partition coefficient (Wildman–Crippen LogP) is 2.21. The van der Waals surface area contributed by atoms with Gasteiger partial charge in [-0.2, -0.15) is 0 Å². The first-order valence-electron chi connectivity index (χ1n) is 6.92. The summed E-state index contributed by atoms with van der Waals surface area (Å²) < 4.78 is 40.3. The van der Waals surface area contributed by atoms with Crippen molar-refractivity contribution in [2.45, 2.75) is 17.7 Å². The Kier molecular flexibility index (Phi) is 5.86. The van der Waals surface area contributed by atoms with Crippen molar-refractivity contribution in [2.75, 3.05) is 13.1 Å². The van der Waals surface area contributed by atoms with Gasteiger partial charge in [0, 0.05) is 32.1 Å². The SMILES string of the molecule is CC(=O)N(CCNS(=O)(=O)c1cccs1)Cc1ccccc1F. The number of carbonyl (C=O) groups is 1. The van der Waals surface area contributed by atoms with Crippen LogP contribution in [0.15, 0.2) is 46.0 Å². The lowest BCUT2D eigenvalue weighted by molar-refractivity contribution is -0.129. The number of rotatable bonds is 7. The van der Waals surface area contributed by atoms with E-state index in [1.807, 2.05) is 0 Å². The van der Waals surface area contributed by atoms with Crippen LogP contribution >= 0.6 is 11.3 Å². The minimum atomic E-state index is -3.56. The van der Waals surface area contributed by atoms with Gasteiger partial charge in [0.1, 0.15) is 10.0 Å². The van der Waals surface area contributed by atoms with Crippen LogP contribution in [0.3, 0.4) is 0 Å². The number of amides is 1. The lowest BCUT2D eigenvalue weighted by atomic mass is 10.2. The van der Waals surface area contributed by atoms with Crippen molar-refractivity contribution in [3.05, 3.63) is 53.2 Å². The fraction of sp³-hybridized carbons (Fsp3) is 0.267. The molecule has 0 aliphatic rings. The first kappa shape index (κ1) is 17.6. The number of sulfonamides is 1. The average Bonchev–Trinajstić information content (AvgIpc) is 3.03. The molecule has 0 fully saturated rings. The third kappa shape index (κ3) is 4.85. The normalized spacial score (nSPS) is 11.4. The van der Waals surface area contributed by atoms with Crippen molar-refractivity contribution >= 4 is 27.3 Å². The van der Waals surface area contributed by atoms with Crippen LogP contribution in [-0.4, -0.2) is 32.3 Å². The van der Waals surface area contributed by atoms with E-state index in [2.05, 4.69) is 4.72 Å². The second-order valence-electron chi connectivity index (χ2n) is 4.86. The van der Waals surface area contributed by atoms with Gasteiger partial charge in [0.15, 0.2) is 0 Å². The second kappa shape index (κ2) is 7.67. The summed E-state index contributed by atoms with van der Waals surface area (Å²) in [4.78, 5) is 13.1. The smallest absolute Gasteiger partial charge is 0.250 e. The highest BCUT2D eigenvalue weighted by atomic mass is 32.2. The van der Waals surface area contributed by atoms with Crippen molar-refractivity contribution in [3.63, 3.8) is 0 Å². The predicted molar refractivity (Wildman–Crippen MR) is 87.0 cm³/mol. The average molecular weight is 356 g/mol. The largest absolute Gasteiger partial charge is 0.337 e. The summed E-state index contributed by atoms with van der Waals surface area (Å²) >= 11 is 1.12. The van der Waals surface area contributed by atoms with Gasteiger partial charge >= 0.3 is 0 Å². The van der Waals surface area contributed by atoms with Gasteiger partial charge in [-0.3, -0.25) is 4.79 Å². The third-order valence-electron chi connectivity index (χ3n) is 3.20. The molecule has 0 unspecified atom stereocenters. The van der Waals surface area contributed by atoms with Crippen LogP contribution in [0.5, 0.6) is 0 Å². The molecule has 5 nitrogen and oxygen atoms in total. The first-order chi connectivity index (χ1) is 10.9. The summed E-state index contributed by atoms with van der Waals surface area (Å²) in [5.41, 5.74) is 0.392. The maximum atomic E-state index is 13.7. The molecule has 0 spiro atoms. The highest BCUT2D eigenvalue weighted by Crippen LogP contribution is 2.15. The van der Waals surface area contributed by atoms with E-state index in [1.165, 1.54) is 24.0 Å². The van der Waals surface area contributed by atoms with Gasteiger partial charge in [-0.1, -0.05) is 24.3 Å². The summed E-state index contributed by atoms with van der Waals surface area (Å²) in [7, 11) is -3.56. The molecular formula is C15H17FN2O3S2. The Labute approximate surface area is 138 Å². The summed E-state index contributed by atoms with van der Waals surface area (Å²) in [6, 6.07) is 9.35. The van der Waals surface area contributed by atoms with Crippen LogP contribution in [0.25, 0.3) is 0 Å². The Balaban J connectivity index is 1.96. The summed E-state index contributed by atoms with van der Waals surface area (Å²) in [5.74, 6) is -0.638. The Morgan fingerprint density at radius 3 is 2.61 bits per heavy atom. The number of hydrogen-bond acceptors (Lipinski definition) is 4. The molecule has 124 valence electrons. The van der Waals surface area contributed by atoms with E-state index in [4.69, 9.17) is 0 Å². The van der Waals surface area contributed by atoms with Crippen LogP contribution in [-0.2, 0) is 21.4 Å². The minimum Gasteiger partial charge on any atom is -0.337 e. The van der Waals surface area contributed by atoms with Crippen LogP contribution in [0, 0.1) is 5.82 Å². The first-order valence-corrected chi connectivity index (χ1v) is 9.28. The molecule has 1 aromatic carbocycles. The number of hydrogen-bond donors (Lipinski definition) is 1. The highest BCUT2D eigenvalue weighted by molar-refractivity contribution is 7.91. The zero-order valence-electron chi connectivity index (χ0n) is 12.5. The number of nitrogens with one attached hydrogen (secondary N) is 1. The summed E-state index contributed by atoms with van der Waals surface area (Å²) in [5, 5.41) is 1.68. The molecule has 1 aromatic heterocycles. The standard InChI is InChI=1S/C15H17FN2O3S2/c1-12(19)18(11-13-5-2-3-6-14(13)16)9-8-17-23(20,21)15-7-4-10-22-15/h2-7,10,17H,8-9,11H2,1H3. The number of thiophene rings is 1. The number of benzene rings is 1. The molecular weight excluding hydrogens is 339 g/mol. The van der Waals surface area contributed by atoms with Crippen LogP contribution in [0.1, 0.15) is 12.5 Å². The Morgan fingerprint density at radius 2 is 2.00 bits per heavy atom. The van der Waals surface area contributed by atoms with Crippen molar-refractivity contribution in [3.8, 4) is 0 Å². The fourth-order valence-corrected chi connectivity index (χ4v) is 4.04. The highest BCUT2D eigenvalue weighted by Gasteiger charge is 2.16. The van der Waals surface area contributed by atoms with E-state index in [9.17, 15) is 17.6 Å². The molecule has 1 N–H and O–H groups in total. The maximum Gasteiger partial charge on any atom is 0.250 e. The quantitative estimate of drug-likeness (QED) is 0.827. The van der Waals surface area contributed by atoms with Gasteiger partial charge < -0.3 is 4.90 Å². The summed E-state index contributed by atoms with van der Waals surface area (Å²) in [6.45, 7) is 1.69. The third-order valence-corrected chi connectivity index (χ3v) is 6.06. The van der Waals surface area contributed by atoms with E-state index in [0.29, 0.717) is 5.56 Å². The topological polar surface area (TPSA) is 66.5 Å². The molecule has 0 saturated carbocycles. The van der Waals surface area contributed by atoms with E-state index < -0.39 is 15.8 Å². The molecule has 0 aliphatic carbocycles. The minimum absolute atomic E-state index is 0.0638. The van der Waals surface area contributed by atoms with Gasteiger partial charge in [-0.25, -0.2) is 17.5 Å². The van der Waals surface area contributed by atoms with Crippen molar-refractivity contribution in [1.82, 2.24) is 9.62 Å². The van der Waals surface area contributed by atoms with E-state index in [-0.39, 0.29) is 29.8 Å². The van der Waals surface area contributed by atoms with Crippen molar-refractivity contribution in [2.24, 2.45) is 0 Å². The molecule has 0 saturated heterocycles. The Morgan fingerprint density at radius 1 is 1.26 bits per heavy atom. The van der Waals surface area contributed by atoms with E-state index in [0.717, 1.165) is 11.3 Å². The van der Waals surface area contributed by atoms with E-state index >= 15 is 0 Å². The zero-order valence-corrected chi connectivity index (χ0v) is 14.2. The van der Waals surface area contributed by atoms with Crippen LogP contribution < -0.4 is 4.72 Å². The number of halogens is 1. The van der Waals surface area contributed by atoms with Gasteiger partial charge in [0.2, 0.25) is 15.9 Å². The molecule has 0 aliphatic heterocycles. The Bertz CT molecular complexity index is 761. The van der Waals surface area contributed by atoms with Gasteiger partial charge in [0.25, 0.3) is 0 Å². The molecule has 2 rings (SSSR count). The second-order valence-corrected chi connectivity index (χ2v) is 7.80. The molecule has 0 radical (unpaired) electrons. The number of nitrogens with zero attached hydrogens (tertiary/aromatic N) is 1. The van der Waals surface area contributed by atoms with Gasteiger partial charge in [-0.15, -0.1) is 11.3 Å².